The van der Waals surface area contributed by atoms with Crippen molar-refractivity contribution in [1.82, 2.24) is 35.4 Å². The summed E-state index contributed by atoms with van der Waals surface area (Å²) in [7, 11) is 0. The van der Waals surface area contributed by atoms with Gasteiger partial charge in [0.15, 0.2) is 0 Å². The molecular weight excluding hydrogens is 412 g/mol. The summed E-state index contributed by atoms with van der Waals surface area (Å²) in [5, 5.41) is 18.4. The Labute approximate surface area is 184 Å². The second-order valence-corrected chi connectivity index (χ2v) is 7.65. The molecule has 4 rings (SSSR count). The molecular formula is C23H25F2N7. The average molecular weight is 437 g/mol. The molecule has 0 amide bonds. The highest BCUT2D eigenvalue weighted by molar-refractivity contribution is 5.80. The summed E-state index contributed by atoms with van der Waals surface area (Å²) in [6.07, 6.45) is 2.14. The molecule has 1 N–H and O–H groups in total. The van der Waals surface area contributed by atoms with Crippen LogP contribution in [0, 0.1) is 0 Å². The molecule has 0 fully saturated rings. The first-order chi connectivity index (χ1) is 15.5. The van der Waals surface area contributed by atoms with E-state index in [1.807, 2.05) is 48.5 Å². The van der Waals surface area contributed by atoms with Crippen molar-refractivity contribution in [2.24, 2.45) is 0 Å². The first-order valence-electron chi connectivity index (χ1n) is 10.8. The van der Waals surface area contributed by atoms with Gasteiger partial charge in [-0.15, -0.1) is 15.3 Å². The van der Waals surface area contributed by atoms with E-state index < -0.39 is 11.7 Å². The monoisotopic (exact) mass is 437 g/mol. The van der Waals surface area contributed by atoms with E-state index in [1.54, 1.807) is 4.68 Å². The molecule has 7 nitrogen and oxygen atoms in total. The molecule has 0 radical (unpaired) electrons. The molecule has 2 aromatic heterocycles. The molecule has 0 aliphatic heterocycles. The quantitative estimate of drug-likeness (QED) is 0.397. The summed E-state index contributed by atoms with van der Waals surface area (Å²) in [6, 6.07) is 15.8. The van der Waals surface area contributed by atoms with Crippen molar-refractivity contribution in [3.63, 3.8) is 0 Å². The Balaban J connectivity index is 1.60. The van der Waals surface area contributed by atoms with Gasteiger partial charge in [0, 0.05) is 18.4 Å². The third-order valence-electron chi connectivity index (χ3n) is 5.38. The van der Waals surface area contributed by atoms with Gasteiger partial charge in [0.25, 0.3) is 0 Å². The highest BCUT2D eigenvalue weighted by Crippen LogP contribution is 2.31. The lowest BCUT2D eigenvalue weighted by atomic mass is 9.98. The van der Waals surface area contributed by atoms with E-state index in [9.17, 15) is 8.78 Å². The summed E-state index contributed by atoms with van der Waals surface area (Å²) < 4.78 is 30.0. The molecule has 0 atom stereocenters. The van der Waals surface area contributed by atoms with E-state index in [-0.39, 0.29) is 6.42 Å². The summed E-state index contributed by atoms with van der Waals surface area (Å²) in [4.78, 5) is 4.17. The van der Waals surface area contributed by atoms with E-state index in [0.717, 1.165) is 35.1 Å². The second kappa shape index (κ2) is 9.33. The van der Waals surface area contributed by atoms with Crippen LogP contribution in [0.2, 0.25) is 0 Å². The van der Waals surface area contributed by atoms with Crippen LogP contribution in [0.1, 0.15) is 50.3 Å². The number of aromatic nitrogens is 7. The molecule has 0 unspecified atom stereocenters. The fraction of sp³-hybridized carbons (Fsp3) is 0.348. The first-order valence-corrected chi connectivity index (χ1v) is 10.8. The van der Waals surface area contributed by atoms with E-state index in [0.29, 0.717) is 24.6 Å². The van der Waals surface area contributed by atoms with Crippen molar-refractivity contribution in [3.05, 3.63) is 65.7 Å². The van der Waals surface area contributed by atoms with Crippen LogP contribution in [0.15, 0.2) is 48.5 Å². The third-order valence-corrected chi connectivity index (χ3v) is 5.38. The lowest BCUT2D eigenvalue weighted by Crippen LogP contribution is -2.14. The van der Waals surface area contributed by atoms with Gasteiger partial charge in [0.05, 0.1) is 6.54 Å². The Morgan fingerprint density at radius 3 is 2.41 bits per heavy atom. The minimum absolute atomic E-state index is 0.321. The zero-order chi connectivity index (χ0) is 22.6. The Bertz CT molecular complexity index is 1150. The van der Waals surface area contributed by atoms with Gasteiger partial charge in [-0.3, -0.25) is 0 Å². The number of benzene rings is 2. The molecule has 0 aliphatic rings. The largest absolute Gasteiger partial charge is 0.308 e. The van der Waals surface area contributed by atoms with Crippen LogP contribution < -0.4 is 0 Å². The van der Waals surface area contributed by atoms with Gasteiger partial charge in [-0.2, -0.15) is 14.0 Å². The molecule has 2 heterocycles. The van der Waals surface area contributed by atoms with Gasteiger partial charge < -0.3 is 0 Å². The molecule has 0 bridgehead atoms. The zero-order valence-electron chi connectivity index (χ0n) is 18.1. The molecule has 0 saturated heterocycles. The number of rotatable bonds is 9. The maximum Gasteiger partial charge on any atom is 0.308 e. The second-order valence-electron chi connectivity index (χ2n) is 7.65. The SMILES string of the molecule is CCCCc1nc(C(F)(F)CC)nn1Cc1ccc(-c2ccccc2-c2nn[nH]n2)cc1. The van der Waals surface area contributed by atoms with Crippen LogP contribution in [-0.4, -0.2) is 35.4 Å². The van der Waals surface area contributed by atoms with Crippen LogP contribution in [0.25, 0.3) is 22.5 Å². The maximum absolute atomic E-state index is 14.2. The predicted molar refractivity (Wildman–Crippen MR) is 117 cm³/mol. The summed E-state index contributed by atoms with van der Waals surface area (Å²) >= 11 is 0. The van der Waals surface area contributed by atoms with Gasteiger partial charge in [0.2, 0.25) is 11.6 Å². The van der Waals surface area contributed by atoms with Crippen molar-refractivity contribution in [2.45, 2.75) is 52.0 Å². The van der Waals surface area contributed by atoms with E-state index >= 15 is 0 Å². The number of tetrazole rings is 1. The number of nitrogens with zero attached hydrogens (tertiary/aromatic N) is 6. The number of nitrogens with one attached hydrogen (secondary N) is 1. The Morgan fingerprint density at radius 2 is 1.75 bits per heavy atom. The van der Waals surface area contributed by atoms with Crippen LogP contribution in [0.5, 0.6) is 0 Å². The minimum Gasteiger partial charge on any atom is -0.245 e. The number of alkyl halides is 2. The molecule has 0 spiro atoms. The Kier molecular flexibility index (Phi) is 6.34. The van der Waals surface area contributed by atoms with Crippen molar-refractivity contribution in [3.8, 4) is 22.5 Å². The first kappa shape index (κ1) is 21.7. The van der Waals surface area contributed by atoms with Crippen LogP contribution in [0.3, 0.4) is 0 Å². The zero-order valence-corrected chi connectivity index (χ0v) is 18.1. The standard InChI is InChI=1S/C23H25F2N7/c1-3-5-10-20-26-22(23(24,25)4-2)29-32(20)15-16-11-13-17(14-12-16)18-8-6-7-9-19(18)21-27-30-31-28-21/h6-9,11-14H,3-5,10,15H2,1-2H3,(H,27,28,30,31). The van der Waals surface area contributed by atoms with Gasteiger partial charge in [0.1, 0.15) is 5.82 Å². The lowest BCUT2D eigenvalue weighted by Gasteiger charge is -2.10. The Morgan fingerprint density at radius 1 is 1.00 bits per heavy atom. The summed E-state index contributed by atoms with van der Waals surface area (Å²) in [5.41, 5.74) is 3.81. The number of hydrogen-bond acceptors (Lipinski definition) is 5. The average Bonchev–Trinajstić information content (AvgIpc) is 3.49. The number of halogens is 2. The molecule has 0 aliphatic carbocycles. The van der Waals surface area contributed by atoms with Crippen molar-refractivity contribution in [1.29, 1.82) is 0 Å². The van der Waals surface area contributed by atoms with Gasteiger partial charge in [-0.05, 0) is 28.3 Å². The predicted octanol–water partition coefficient (Wildman–Crippen LogP) is 5.02. The topological polar surface area (TPSA) is 85.2 Å². The van der Waals surface area contributed by atoms with E-state index in [4.69, 9.17) is 0 Å². The minimum atomic E-state index is -3.02. The molecule has 32 heavy (non-hydrogen) atoms. The highest BCUT2D eigenvalue weighted by Gasteiger charge is 2.35. The Hall–Kier alpha value is -3.49. The molecule has 9 heteroatoms. The van der Waals surface area contributed by atoms with Crippen molar-refractivity contribution < 1.29 is 8.78 Å². The number of H-pyrrole nitrogens is 1. The maximum atomic E-state index is 14.2. The fourth-order valence-electron chi connectivity index (χ4n) is 3.50. The molecule has 2 aromatic carbocycles. The van der Waals surface area contributed by atoms with Gasteiger partial charge in [-0.1, -0.05) is 68.8 Å². The highest BCUT2D eigenvalue weighted by atomic mass is 19.3. The fourth-order valence-corrected chi connectivity index (χ4v) is 3.50. The molecule has 0 saturated carbocycles. The number of unbranched alkanes of at least 4 members (excludes halogenated alkanes) is 1. The lowest BCUT2D eigenvalue weighted by molar-refractivity contribution is -0.0177. The number of aryl methyl sites for hydroxylation is 1. The van der Waals surface area contributed by atoms with Gasteiger partial charge >= 0.3 is 5.92 Å². The van der Waals surface area contributed by atoms with Gasteiger partial charge in [-0.25, -0.2) is 9.67 Å². The number of aromatic amines is 1. The smallest absolute Gasteiger partial charge is 0.245 e. The van der Waals surface area contributed by atoms with E-state index in [2.05, 4.69) is 37.6 Å². The summed E-state index contributed by atoms with van der Waals surface area (Å²) in [5.74, 6) is -2.29. The third kappa shape index (κ3) is 4.56. The van der Waals surface area contributed by atoms with Crippen molar-refractivity contribution in [2.75, 3.05) is 0 Å². The number of hydrogen-bond donors (Lipinski definition) is 1. The van der Waals surface area contributed by atoms with Crippen molar-refractivity contribution >= 4 is 0 Å². The van der Waals surface area contributed by atoms with E-state index in [1.165, 1.54) is 6.92 Å². The van der Waals surface area contributed by atoms with Crippen LogP contribution in [-0.2, 0) is 18.9 Å². The van der Waals surface area contributed by atoms with Crippen LogP contribution in [0.4, 0.5) is 8.78 Å². The molecule has 166 valence electrons. The summed E-state index contributed by atoms with van der Waals surface area (Å²) in [6.45, 7) is 3.89. The van der Waals surface area contributed by atoms with Crippen LogP contribution >= 0.6 is 0 Å². The molecule has 4 aromatic rings. The normalized spacial score (nSPS) is 11.8.